The van der Waals surface area contributed by atoms with E-state index < -0.39 is 5.54 Å². The number of rotatable bonds is 9. The first-order valence-corrected chi connectivity index (χ1v) is 13.0. The van der Waals surface area contributed by atoms with Crippen molar-refractivity contribution < 1.29 is 14.0 Å². The molecule has 2 heterocycles. The van der Waals surface area contributed by atoms with Crippen molar-refractivity contribution in [3.8, 4) is 0 Å². The second kappa shape index (κ2) is 11.1. The van der Waals surface area contributed by atoms with Crippen molar-refractivity contribution in [1.29, 1.82) is 0 Å². The number of aryl methyl sites for hydroxylation is 2. The van der Waals surface area contributed by atoms with Crippen molar-refractivity contribution in [1.82, 2.24) is 20.0 Å². The van der Waals surface area contributed by atoms with Crippen LogP contribution in [0.4, 0.5) is 9.18 Å². The van der Waals surface area contributed by atoms with E-state index in [0.717, 1.165) is 51.0 Å². The molecule has 2 aromatic rings. The molecule has 0 aromatic heterocycles. The van der Waals surface area contributed by atoms with Gasteiger partial charge < -0.3 is 10.2 Å². The lowest BCUT2D eigenvalue weighted by Gasteiger charge is -2.41. The fraction of sp³-hybridized carbons (Fsp3) is 0.517. The van der Waals surface area contributed by atoms with Crippen molar-refractivity contribution in [3.63, 3.8) is 0 Å². The Morgan fingerprint density at radius 1 is 1.00 bits per heavy atom. The van der Waals surface area contributed by atoms with Crippen LogP contribution in [0.25, 0.3) is 0 Å². The second-order valence-electron chi connectivity index (χ2n) is 10.9. The molecule has 36 heavy (non-hydrogen) atoms. The van der Waals surface area contributed by atoms with E-state index in [1.54, 1.807) is 12.1 Å². The Morgan fingerprint density at radius 2 is 1.64 bits per heavy atom. The molecule has 0 aliphatic carbocycles. The highest BCUT2D eigenvalue weighted by molar-refractivity contribution is 6.07. The van der Waals surface area contributed by atoms with Crippen molar-refractivity contribution in [2.75, 3.05) is 40.3 Å². The number of benzene rings is 2. The van der Waals surface area contributed by atoms with Gasteiger partial charge in [-0.05, 0) is 96.0 Å². The van der Waals surface area contributed by atoms with Crippen LogP contribution in [0.5, 0.6) is 0 Å². The fourth-order valence-corrected chi connectivity index (χ4v) is 5.86. The molecular formula is C29H39FN4O2. The van der Waals surface area contributed by atoms with E-state index in [-0.39, 0.29) is 23.7 Å². The summed E-state index contributed by atoms with van der Waals surface area (Å²) < 4.78 is 13.6. The lowest BCUT2D eigenvalue weighted by Crippen LogP contribution is -2.57. The summed E-state index contributed by atoms with van der Waals surface area (Å²) in [6.45, 7) is 8.08. The average Bonchev–Trinajstić information content (AvgIpc) is 3.05. The van der Waals surface area contributed by atoms with Crippen LogP contribution in [0.3, 0.4) is 0 Å². The number of nitrogens with one attached hydrogen (secondary N) is 1. The molecule has 7 heteroatoms. The van der Waals surface area contributed by atoms with E-state index in [9.17, 15) is 14.0 Å². The molecule has 2 fully saturated rings. The van der Waals surface area contributed by atoms with Gasteiger partial charge in [-0.3, -0.25) is 14.6 Å². The van der Waals surface area contributed by atoms with Gasteiger partial charge in [0.1, 0.15) is 11.4 Å². The third-order valence-corrected chi connectivity index (χ3v) is 7.56. The molecule has 1 atom stereocenters. The molecule has 0 spiro atoms. The molecule has 0 saturated carbocycles. The molecule has 1 N–H and O–H groups in total. The molecule has 2 saturated heterocycles. The number of likely N-dealkylation sites (tertiary alicyclic amines) is 1. The zero-order valence-corrected chi connectivity index (χ0v) is 22.0. The Labute approximate surface area is 214 Å². The zero-order valence-electron chi connectivity index (χ0n) is 22.0. The minimum Gasteiger partial charge on any atom is -0.322 e. The Morgan fingerprint density at radius 3 is 2.25 bits per heavy atom. The number of piperidine rings is 1. The van der Waals surface area contributed by atoms with Crippen LogP contribution in [0.2, 0.25) is 0 Å². The molecule has 2 aliphatic heterocycles. The molecule has 4 rings (SSSR count). The Bertz CT molecular complexity index is 1060. The molecule has 2 aliphatic rings. The van der Waals surface area contributed by atoms with Gasteiger partial charge in [-0.1, -0.05) is 41.5 Å². The van der Waals surface area contributed by atoms with Crippen LogP contribution in [0.1, 0.15) is 41.5 Å². The van der Waals surface area contributed by atoms with Gasteiger partial charge in [0.15, 0.2) is 0 Å². The number of hydrogen-bond donors (Lipinski definition) is 1. The van der Waals surface area contributed by atoms with Gasteiger partial charge in [-0.15, -0.1) is 0 Å². The molecule has 3 amide bonds. The SMILES string of the molecule is Cc1cc(C)cc(CN2CCC([C@@]3(Cc4ccc(F)cc4)NC(=O)N(CCCN(C)C)C3=O)CC2)c1. The number of urea groups is 1. The van der Waals surface area contributed by atoms with E-state index in [0.29, 0.717) is 13.0 Å². The van der Waals surface area contributed by atoms with Gasteiger partial charge in [-0.2, -0.15) is 0 Å². The molecule has 6 nitrogen and oxygen atoms in total. The van der Waals surface area contributed by atoms with Crippen LogP contribution >= 0.6 is 0 Å². The summed E-state index contributed by atoms with van der Waals surface area (Å²) in [6, 6.07) is 12.6. The van der Waals surface area contributed by atoms with Crippen LogP contribution < -0.4 is 5.32 Å². The standard InChI is InChI=1S/C29H39FN4O2/c1-21-16-22(2)18-24(17-21)20-33-14-10-25(11-15-33)29(19-23-6-8-26(30)9-7-23)27(35)34(28(36)31-29)13-5-12-32(3)4/h6-9,16-18,25H,5,10-15,19-20H2,1-4H3,(H,31,36)/t29-/m1/s1. The van der Waals surface area contributed by atoms with Crippen molar-refractivity contribution in [3.05, 3.63) is 70.5 Å². The lowest BCUT2D eigenvalue weighted by atomic mass is 9.74. The third kappa shape index (κ3) is 5.95. The first-order valence-electron chi connectivity index (χ1n) is 13.0. The van der Waals surface area contributed by atoms with Crippen LogP contribution in [-0.4, -0.2) is 72.5 Å². The predicted octanol–water partition coefficient (Wildman–Crippen LogP) is 4.14. The number of carbonyl (C=O) groups excluding carboxylic acids is 2. The van der Waals surface area contributed by atoms with Gasteiger partial charge >= 0.3 is 6.03 Å². The smallest absolute Gasteiger partial charge is 0.322 e. The molecule has 0 bridgehead atoms. The number of amides is 3. The fourth-order valence-electron chi connectivity index (χ4n) is 5.86. The average molecular weight is 495 g/mol. The first-order chi connectivity index (χ1) is 17.2. The van der Waals surface area contributed by atoms with E-state index in [1.807, 2.05) is 14.1 Å². The highest BCUT2D eigenvalue weighted by Crippen LogP contribution is 2.37. The van der Waals surface area contributed by atoms with E-state index in [4.69, 9.17) is 0 Å². The van der Waals surface area contributed by atoms with Gasteiger partial charge in [0.25, 0.3) is 5.91 Å². The number of nitrogens with zero attached hydrogens (tertiary/aromatic N) is 3. The topological polar surface area (TPSA) is 55.9 Å². The minimum absolute atomic E-state index is 0.0216. The summed E-state index contributed by atoms with van der Waals surface area (Å²) in [5, 5.41) is 3.13. The number of halogens is 1. The highest BCUT2D eigenvalue weighted by Gasteiger charge is 2.55. The maximum Gasteiger partial charge on any atom is 0.325 e. The summed E-state index contributed by atoms with van der Waals surface area (Å²) >= 11 is 0. The summed E-state index contributed by atoms with van der Waals surface area (Å²) in [5.41, 5.74) is 3.72. The van der Waals surface area contributed by atoms with Crippen molar-refractivity contribution >= 4 is 11.9 Å². The summed E-state index contributed by atoms with van der Waals surface area (Å²) in [6.07, 6.45) is 2.75. The number of imide groups is 1. The molecule has 194 valence electrons. The molecule has 0 unspecified atom stereocenters. The summed E-state index contributed by atoms with van der Waals surface area (Å²) in [7, 11) is 3.97. The summed E-state index contributed by atoms with van der Waals surface area (Å²) in [5.74, 6) is -0.420. The monoisotopic (exact) mass is 494 g/mol. The van der Waals surface area contributed by atoms with Gasteiger partial charge in [0.05, 0.1) is 0 Å². The normalized spacial score (nSPS) is 21.4. The third-order valence-electron chi connectivity index (χ3n) is 7.56. The Balaban J connectivity index is 1.51. The first kappa shape index (κ1) is 26.3. The maximum absolute atomic E-state index is 13.9. The van der Waals surface area contributed by atoms with Gasteiger partial charge in [0.2, 0.25) is 0 Å². The zero-order chi connectivity index (χ0) is 25.9. The van der Waals surface area contributed by atoms with Crippen molar-refractivity contribution in [2.45, 2.75) is 51.6 Å². The highest BCUT2D eigenvalue weighted by atomic mass is 19.1. The van der Waals surface area contributed by atoms with Crippen LogP contribution in [-0.2, 0) is 17.8 Å². The maximum atomic E-state index is 13.9. The van der Waals surface area contributed by atoms with E-state index >= 15 is 0 Å². The van der Waals surface area contributed by atoms with Crippen LogP contribution in [0, 0.1) is 25.6 Å². The van der Waals surface area contributed by atoms with E-state index in [1.165, 1.54) is 33.7 Å². The molecule has 0 radical (unpaired) electrons. The Hall–Kier alpha value is -2.77. The van der Waals surface area contributed by atoms with Gasteiger partial charge in [0, 0.05) is 19.5 Å². The Kier molecular flexibility index (Phi) is 8.10. The molecular weight excluding hydrogens is 455 g/mol. The van der Waals surface area contributed by atoms with E-state index in [2.05, 4.69) is 47.2 Å². The second-order valence-corrected chi connectivity index (χ2v) is 10.9. The molecule has 2 aromatic carbocycles. The van der Waals surface area contributed by atoms with Crippen LogP contribution in [0.15, 0.2) is 42.5 Å². The largest absolute Gasteiger partial charge is 0.325 e. The van der Waals surface area contributed by atoms with Gasteiger partial charge in [-0.25, -0.2) is 9.18 Å². The number of carbonyl (C=O) groups is 2. The van der Waals surface area contributed by atoms with Crippen molar-refractivity contribution in [2.24, 2.45) is 5.92 Å². The minimum atomic E-state index is -0.987. The quantitative estimate of drug-likeness (QED) is 0.533. The predicted molar refractivity (Wildman–Crippen MR) is 140 cm³/mol. The number of hydrogen-bond acceptors (Lipinski definition) is 4. The summed E-state index contributed by atoms with van der Waals surface area (Å²) in [4.78, 5) is 32.8. The lowest BCUT2D eigenvalue weighted by molar-refractivity contribution is -0.134.